The zero-order chi connectivity index (χ0) is 20.4. The Kier molecular flexibility index (Phi) is 5.23. The minimum Gasteiger partial charge on any atom is -0.481 e. The maximum atomic E-state index is 12.7. The van der Waals surface area contributed by atoms with E-state index in [-0.39, 0.29) is 6.04 Å². The Morgan fingerprint density at radius 1 is 1.17 bits per heavy atom. The fourth-order valence-corrected chi connectivity index (χ4v) is 3.45. The van der Waals surface area contributed by atoms with E-state index in [1.807, 2.05) is 0 Å². The van der Waals surface area contributed by atoms with Crippen molar-refractivity contribution < 1.29 is 22.4 Å². The van der Waals surface area contributed by atoms with E-state index in [9.17, 15) is 13.2 Å². The number of rotatable bonds is 5. The number of hydrogen-bond acceptors (Lipinski definition) is 6. The molecular formula is C20H19F3N4O2. The lowest BCUT2D eigenvalue weighted by atomic mass is 10.1. The molecule has 1 aromatic carbocycles. The third-order valence-electron chi connectivity index (χ3n) is 4.96. The topological polar surface area (TPSA) is 64.3 Å². The van der Waals surface area contributed by atoms with Gasteiger partial charge in [0.1, 0.15) is 0 Å². The van der Waals surface area contributed by atoms with Crippen molar-refractivity contribution in [2.45, 2.75) is 31.6 Å². The molecule has 0 amide bonds. The van der Waals surface area contributed by atoms with Crippen LogP contribution in [0.4, 0.5) is 13.2 Å². The Morgan fingerprint density at radius 3 is 2.62 bits per heavy atom. The van der Waals surface area contributed by atoms with Crippen molar-refractivity contribution in [1.29, 1.82) is 0 Å². The van der Waals surface area contributed by atoms with Crippen LogP contribution in [0.5, 0.6) is 5.88 Å². The van der Waals surface area contributed by atoms with E-state index in [1.165, 1.54) is 12.1 Å². The zero-order valence-corrected chi connectivity index (χ0v) is 15.7. The highest BCUT2D eigenvalue weighted by Gasteiger charge is 2.32. The summed E-state index contributed by atoms with van der Waals surface area (Å²) < 4.78 is 48.8. The van der Waals surface area contributed by atoms with Crippen LogP contribution in [0, 0.1) is 0 Å². The van der Waals surface area contributed by atoms with E-state index in [0.29, 0.717) is 29.7 Å². The number of methoxy groups -OCH3 is 1. The first-order valence-electron chi connectivity index (χ1n) is 9.18. The third kappa shape index (κ3) is 4.24. The molecule has 9 heteroatoms. The molecule has 152 valence electrons. The van der Waals surface area contributed by atoms with Gasteiger partial charge in [0.05, 0.1) is 18.7 Å². The number of ether oxygens (including phenoxy) is 1. The summed E-state index contributed by atoms with van der Waals surface area (Å²) in [7, 11) is 1.54. The molecule has 3 aromatic rings. The molecule has 0 saturated carbocycles. The van der Waals surface area contributed by atoms with Gasteiger partial charge in [-0.2, -0.15) is 18.2 Å². The summed E-state index contributed by atoms with van der Waals surface area (Å²) in [6, 6.07) is 8.71. The lowest BCUT2D eigenvalue weighted by Gasteiger charge is -2.21. The van der Waals surface area contributed by atoms with Crippen molar-refractivity contribution in [3.05, 3.63) is 59.6 Å². The summed E-state index contributed by atoms with van der Waals surface area (Å²) >= 11 is 0. The van der Waals surface area contributed by atoms with Crippen molar-refractivity contribution in [2.24, 2.45) is 0 Å². The van der Waals surface area contributed by atoms with Gasteiger partial charge in [0.15, 0.2) is 0 Å². The maximum Gasteiger partial charge on any atom is 0.416 e. The van der Waals surface area contributed by atoms with Crippen molar-refractivity contribution in [1.82, 2.24) is 20.0 Å². The van der Waals surface area contributed by atoms with Crippen molar-refractivity contribution in [2.75, 3.05) is 13.7 Å². The van der Waals surface area contributed by atoms with Gasteiger partial charge >= 0.3 is 6.18 Å². The van der Waals surface area contributed by atoms with Gasteiger partial charge in [0.2, 0.25) is 17.6 Å². The molecular weight excluding hydrogens is 385 g/mol. The standard InChI is InChI=1S/C20H19F3N4O2/c1-28-17-9-6-14(11-24-17)18-25-19(29-26-18)16-3-2-10-27(16)12-13-4-7-15(8-5-13)20(21,22)23/h4-9,11,16H,2-3,10,12H2,1H3/t16-/m0/s1. The molecule has 0 spiro atoms. The molecule has 1 saturated heterocycles. The van der Waals surface area contributed by atoms with Crippen LogP contribution in [-0.2, 0) is 12.7 Å². The van der Waals surface area contributed by atoms with Crippen molar-refractivity contribution in [3.8, 4) is 17.3 Å². The van der Waals surface area contributed by atoms with Gasteiger partial charge in [-0.3, -0.25) is 4.90 Å². The van der Waals surface area contributed by atoms with Gasteiger partial charge in [-0.1, -0.05) is 17.3 Å². The molecule has 0 aliphatic carbocycles. The molecule has 2 aromatic heterocycles. The molecule has 0 unspecified atom stereocenters. The van der Waals surface area contributed by atoms with E-state index in [0.717, 1.165) is 37.1 Å². The fourth-order valence-electron chi connectivity index (χ4n) is 3.45. The summed E-state index contributed by atoms with van der Waals surface area (Å²) in [6.45, 7) is 1.33. The van der Waals surface area contributed by atoms with Gasteiger partial charge in [-0.15, -0.1) is 0 Å². The molecule has 0 radical (unpaired) electrons. The molecule has 1 fully saturated rings. The number of aromatic nitrogens is 3. The minimum absolute atomic E-state index is 0.0650. The average molecular weight is 404 g/mol. The zero-order valence-electron chi connectivity index (χ0n) is 15.7. The molecule has 1 aliphatic heterocycles. The van der Waals surface area contributed by atoms with E-state index < -0.39 is 11.7 Å². The first-order valence-corrected chi connectivity index (χ1v) is 9.18. The van der Waals surface area contributed by atoms with Crippen LogP contribution in [0.2, 0.25) is 0 Å². The molecule has 0 bridgehead atoms. The predicted octanol–water partition coefficient (Wildman–Crippen LogP) is 4.50. The lowest BCUT2D eigenvalue weighted by molar-refractivity contribution is -0.137. The molecule has 0 N–H and O–H groups in total. The van der Waals surface area contributed by atoms with Gasteiger partial charge < -0.3 is 9.26 Å². The van der Waals surface area contributed by atoms with Gasteiger partial charge in [-0.05, 0) is 43.1 Å². The Morgan fingerprint density at radius 2 is 1.97 bits per heavy atom. The van der Waals surface area contributed by atoms with Crippen LogP contribution < -0.4 is 4.74 Å². The molecule has 1 atom stereocenters. The lowest BCUT2D eigenvalue weighted by Crippen LogP contribution is -2.23. The Hall–Kier alpha value is -2.94. The van der Waals surface area contributed by atoms with E-state index >= 15 is 0 Å². The number of halogens is 3. The van der Waals surface area contributed by atoms with E-state index in [2.05, 4.69) is 20.0 Å². The number of pyridine rings is 1. The highest BCUT2D eigenvalue weighted by atomic mass is 19.4. The Labute approximate surface area is 165 Å². The molecule has 6 nitrogen and oxygen atoms in total. The number of hydrogen-bond donors (Lipinski definition) is 0. The largest absolute Gasteiger partial charge is 0.481 e. The van der Waals surface area contributed by atoms with E-state index in [4.69, 9.17) is 9.26 Å². The normalized spacial score (nSPS) is 17.6. The SMILES string of the molecule is COc1ccc(-c2noc([C@@H]3CCCN3Cc3ccc(C(F)(F)F)cc3)n2)cn1. The first-order chi connectivity index (χ1) is 13.9. The summed E-state index contributed by atoms with van der Waals surface area (Å²) in [4.78, 5) is 10.8. The Balaban J connectivity index is 1.48. The van der Waals surface area contributed by atoms with E-state index in [1.54, 1.807) is 25.4 Å². The molecule has 1 aliphatic rings. The van der Waals surface area contributed by atoms with Gasteiger partial charge in [-0.25, -0.2) is 4.98 Å². The second kappa shape index (κ2) is 7.82. The highest BCUT2D eigenvalue weighted by Crippen LogP contribution is 2.34. The fraction of sp³-hybridized carbons (Fsp3) is 0.350. The van der Waals surface area contributed by atoms with Crippen LogP contribution >= 0.6 is 0 Å². The van der Waals surface area contributed by atoms with Crippen molar-refractivity contribution >= 4 is 0 Å². The summed E-state index contributed by atoms with van der Waals surface area (Å²) in [5.74, 6) is 1.44. The second-order valence-corrected chi connectivity index (χ2v) is 6.87. The number of likely N-dealkylation sites (tertiary alicyclic amines) is 1. The van der Waals surface area contributed by atoms with Crippen LogP contribution in [-0.4, -0.2) is 33.7 Å². The summed E-state index contributed by atoms with van der Waals surface area (Å²) in [5, 5.41) is 4.05. The number of alkyl halides is 3. The first kappa shape index (κ1) is 19.4. The quantitative estimate of drug-likeness (QED) is 0.624. The van der Waals surface area contributed by atoms with Gasteiger partial charge in [0, 0.05) is 24.4 Å². The molecule has 4 rings (SSSR count). The summed E-state index contributed by atoms with van der Waals surface area (Å²) in [5.41, 5.74) is 0.881. The smallest absolute Gasteiger partial charge is 0.416 e. The third-order valence-corrected chi connectivity index (χ3v) is 4.96. The monoisotopic (exact) mass is 404 g/mol. The predicted molar refractivity (Wildman–Crippen MR) is 97.9 cm³/mol. The number of nitrogens with zero attached hydrogens (tertiary/aromatic N) is 4. The number of benzene rings is 1. The molecule has 3 heterocycles. The van der Waals surface area contributed by atoms with Crippen LogP contribution in [0.3, 0.4) is 0 Å². The van der Waals surface area contributed by atoms with Gasteiger partial charge in [0.25, 0.3) is 0 Å². The Bertz CT molecular complexity index is 955. The van der Waals surface area contributed by atoms with Crippen LogP contribution in [0.15, 0.2) is 47.1 Å². The summed E-state index contributed by atoms with van der Waals surface area (Å²) in [6.07, 6.45) is -0.913. The maximum absolute atomic E-state index is 12.7. The minimum atomic E-state index is -4.33. The highest BCUT2D eigenvalue weighted by molar-refractivity contribution is 5.53. The molecule has 29 heavy (non-hydrogen) atoms. The van der Waals surface area contributed by atoms with Crippen LogP contribution in [0.1, 0.15) is 35.9 Å². The van der Waals surface area contributed by atoms with Crippen LogP contribution in [0.25, 0.3) is 11.4 Å². The van der Waals surface area contributed by atoms with Crippen molar-refractivity contribution in [3.63, 3.8) is 0 Å². The second-order valence-electron chi connectivity index (χ2n) is 6.87. The average Bonchev–Trinajstić information content (AvgIpc) is 3.37.